The molecule has 1 aliphatic rings. The maximum absolute atomic E-state index is 10.0. The number of hydrogen-bond donors (Lipinski definition) is 2. The first-order valence-electron chi connectivity index (χ1n) is 6.45. The zero-order valence-electron chi connectivity index (χ0n) is 11.1. The lowest BCUT2D eigenvalue weighted by atomic mass is 10.0. The fourth-order valence-corrected chi connectivity index (χ4v) is 2.04. The predicted molar refractivity (Wildman–Crippen MR) is 76.5 cm³/mol. The zero-order chi connectivity index (χ0) is 13.8. The van der Waals surface area contributed by atoms with E-state index in [4.69, 9.17) is 16.4 Å². The Hall–Kier alpha value is -1.10. The first kappa shape index (κ1) is 14.3. The summed E-state index contributed by atoms with van der Waals surface area (Å²) in [6.07, 6.45) is -0.108. The van der Waals surface area contributed by atoms with E-state index in [1.54, 1.807) is 0 Å². The number of benzene rings is 1. The topological polar surface area (TPSA) is 53.8 Å². The van der Waals surface area contributed by atoms with Crippen LogP contribution >= 0.6 is 11.6 Å². The van der Waals surface area contributed by atoms with Gasteiger partial charge in [-0.25, -0.2) is 0 Å². The van der Waals surface area contributed by atoms with Gasteiger partial charge in [0.15, 0.2) is 6.10 Å². The van der Waals surface area contributed by atoms with Crippen LogP contribution in [0.25, 0.3) is 0 Å². The van der Waals surface area contributed by atoms with Crippen molar-refractivity contribution in [1.82, 2.24) is 5.32 Å². The van der Waals surface area contributed by atoms with Crippen LogP contribution in [0.1, 0.15) is 31.9 Å². The van der Waals surface area contributed by atoms with Crippen molar-refractivity contribution in [2.45, 2.75) is 38.5 Å². The van der Waals surface area contributed by atoms with Gasteiger partial charge in [0.1, 0.15) is 6.10 Å². The molecule has 1 heterocycles. The molecule has 1 aliphatic heterocycles. The van der Waals surface area contributed by atoms with Gasteiger partial charge < -0.3 is 15.3 Å². The molecule has 0 aliphatic carbocycles. The number of aliphatic hydroxyl groups is 1. The van der Waals surface area contributed by atoms with Gasteiger partial charge in [-0.15, -0.1) is 0 Å². The summed E-state index contributed by atoms with van der Waals surface area (Å²) in [6.45, 7) is 4.57. The molecule has 1 aromatic carbocycles. The third-order valence-corrected chi connectivity index (χ3v) is 3.29. The number of hydrogen-bond acceptors (Lipinski definition) is 4. The molecule has 0 unspecified atom stereocenters. The molecule has 4 nitrogen and oxygen atoms in total. The van der Waals surface area contributed by atoms with Crippen LogP contribution in [0.5, 0.6) is 0 Å². The van der Waals surface area contributed by atoms with Crippen molar-refractivity contribution in [3.05, 3.63) is 34.9 Å². The Bertz CT molecular complexity index is 445. The summed E-state index contributed by atoms with van der Waals surface area (Å²) in [5.74, 6) is 0. The maximum atomic E-state index is 10.0. The van der Waals surface area contributed by atoms with E-state index in [-0.39, 0.29) is 6.10 Å². The average Bonchev–Trinajstić information content (AvgIpc) is 2.86. The molecular formula is C14H19ClN2O2. The van der Waals surface area contributed by atoms with Gasteiger partial charge in [-0.05, 0) is 17.7 Å². The normalized spacial score (nSPS) is 20.3. The van der Waals surface area contributed by atoms with Crippen molar-refractivity contribution >= 4 is 17.3 Å². The average molecular weight is 283 g/mol. The molecule has 2 N–H and O–H groups in total. The number of rotatable bonds is 5. The summed E-state index contributed by atoms with van der Waals surface area (Å²) in [7, 11) is 0. The van der Waals surface area contributed by atoms with Gasteiger partial charge >= 0.3 is 0 Å². The van der Waals surface area contributed by atoms with Crippen molar-refractivity contribution in [3.63, 3.8) is 0 Å². The molecule has 0 fully saturated rings. The van der Waals surface area contributed by atoms with Gasteiger partial charge in [-0.3, -0.25) is 0 Å². The van der Waals surface area contributed by atoms with Crippen LogP contribution in [0.15, 0.2) is 29.4 Å². The molecule has 104 valence electrons. The quantitative estimate of drug-likeness (QED) is 0.872. The monoisotopic (exact) mass is 282 g/mol. The molecule has 1 aromatic rings. The fourth-order valence-electron chi connectivity index (χ4n) is 1.91. The minimum absolute atomic E-state index is 0.124. The minimum atomic E-state index is -0.597. The fraction of sp³-hybridized carbons (Fsp3) is 0.500. The molecule has 0 bridgehead atoms. The molecule has 0 spiro atoms. The maximum Gasteiger partial charge on any atom is 0.158 e. The summed E-state index contributed by atoms with van der Waals surface area (Å²) >= 11 is 5.85. The second-order valence-electron chi connectivity index (χ2n) is 5.01. The van der Waals surface area contributed by atoms with E-state index < -0.39 is 6.10 Å². The number of nitrogens with one attached hydrogen (secondary N) is 1. The lowest BCUT2D eigenvalue weighted by molar-refractivity contribution is 0.0855. The van der Waals surface area contributed by atoms with Crippen LogP contribution in [0.3, 0.4) is 0 Å². The SMILES string of the molecule is CC(C)NC[C@H](O)C1=NO[C@@H](c2ccc(Cl)cc2)C1. The van der Waals surface area contributed by atoms with Gasteiger partial charge in [0.25, 0.3) is 0 Å². The van der Waals surface area contributed by atoms with Crippen molar-refractivity contribution in [2.24, 2.45) is 5.16 Å². The van der Waals surface area contributed by atoms with Gasteiger partial charge in [0.2, 0.25) is 0 Å². The first-order chi connectivity index (χ1) is 9.06. The van der Waals surface area contributed by atoms with E-state index in [2.05, 4.69) is 10.5 Å². The third-order valence-electron chi connectivity index (χ3n) is 3.04. The Kier molecular flexibility index (Phi) is 4.80. The first-order valence-corrected chi connectivity index (χ1v) is 6.83. The Morgan fingerprint density at radius 3 is 2.74 bits per heavy atom. The van der Waals surface area contributed by atoms with E-state index in [1.807, 2.05) is 38.1 Å². The van der Waals surface area contributed by atoms with Crippen molar-refractivity contribution in [2.75, 3.05) is 6.54 Å². The summed E-state index contributed by atoms with van der Waals surface area (Å²) in [5, 5.41) is 17.9. The van der Waals surface area contributed by atoms with Crippen LogP contribution in [-0.4, -0.2) is 29.5 Å². The molecular weight excluding hydrogens is 264 g/mol. The van der Waals surface area contributed by atoms with E-state index in [0.717, 1.165) is 5.56 Å². The number of aliphatic hydroxyl groups excluding tert-OH is 1. The second kappa shape index (κ2) is 6.37. The van der Waals surface area contributed by atoms with Crippen LogP contribution in [-0.2, 0) is 4.84 Å². The van der Waals surface area contributed by atoms with E-state index in [9.17, 15) is 5.11 Å². The van der Waals surface area contributed by atoms with Crippen molar-refractivity contribution < 1.29 is 9.94 Å². The van der Waals surface area contributed by atoms with Gasteiger partial charge in [0, 0.05) is 24.0 Å². The molecule has 2 rings (SSSR count). The Balaban J connectivity index is 1.89. The van der Waals surface area contributed by atoms with Crippen molar-refractivity contribution in [1.29, 1.82) is 0 Å². The molecule has 5 heteroatoms. The largest absolute Gasteiger partial charge is 0.387 e. The summed E-state index contributed by atoms with van der Waals surface area (Å²) < 4.78 is 0. The second-order valence-corrected chi connectivity index (χ2v) is 5.45. The molecule has 0 amide bonds. The Morgan fingerprint density at radius 1 is 1.42 bits per heavy atom. The molecule has 2 atom stereocenters. The van der Waals surface area contributed by atoms with Crippen LogP contribution in [0, 0.1) is 0 Å². The van der Waals surface area contributed by atoms with Gasteiger partial charge in [0.05, 0.1) is 5.71 Å². The van der Waals surface area contributed by atoms with Gasteiger partial charge in [-0.2, -0.15) is 0 Å². The molecule has 0 aromatic heterocycles. The van der Waals surface area contributed by atoms with E-state index in [0.29, 0.717) is 29.7 Å². The van der Waals surface area contributed by atoms with Crippen molar-refractivity contribution in [3.8, 4) is 0 Å². The van der Waals surface area contributed by atoms with Crippen LogP contribution in [0.4, 0.5) is 0 Å². The minimum Gasteiger partial charge on any atom is -0.387 e. The van der Waals surface area contributed by atoms with Gasteiger partial charge in [-0.1, -0.05) is 42.7 Å². The van der Waals surface area contributed by atoms with Crippen LogP contribution in [0.2, 0.25) is 5.02 Å². The summed E-state index contributed by atoms with van der Waals surface area (Å²) in [4.78, 5) is 5.38. The number of oxime groups is 1. The zero-order valence-corrected chi connectivity index (χ0v) is 11.9. The number of halogens is 1. The third kappa shape index (κ3) is 3.93. The highest BCUT2D eigenvalue weighted by atomic mass is 35.5. The van der Waals surface area contributed by atoms with Crippen LogP contribution < -0.4 is 5.32 Å². The lowest BCUT2D eigenvalue weighted by Crippen LogP contribution is -2.36. The Morgan fingerprint density at radius 2 is 2.11 bits per heavy atom. The summed E-state index contributed by atoms with van der Waals surface area (Å²) in [5.41, 5.74) is 1.71. The Labute approximate surface area is 118 Å². The van der Waals surface area contributed by atoms with E-state index in [1.165, 1.54) is 0 Å². The molecule has 19 heavy (non-hydrogen) atoms. The predicted octanol–water partition coefficient (Wildman–Crippen LogP) is 2.52. The highest BCUT2D eigenvalue weighted by molar-refractivity contribution is 6.30. The highest BCUT2D eigenvalue weighted by Crippen LogP contribution is 2.28. The molecule has 0 radical (unpaired) electrons. The van der Waals surface area contributed by atoms with E-state index >= 15 is 0 Å². The number of nitrogens with zero attached hydrogens (tertiary/aromatic N) is 1. The summed E-state index contributed by atoms with van der Waals surface area (Å²) in [6, 6.07) is 7.84. The molecule has 0 saturated heterocycles. The lowest BCUT2D eigenvalue weighted by Gasteiger charge is -2.13. The highest BCUT2D eigenvalue weighted by Gasteiger charge is 2.27. The molecule has 0 saturated carbocycles. The standard InChI is InChI=1S/C14H19ClN2O2/c1-9(2)16-8-13(18)12-7-14(19-17-12)10-3-5-11(15)6-4-10/h3-6,9,13-14,16,18H,7-8H2,1-2H3/t13-,14+/m0/s1. The smallest absolute Gasteiger partial charge is 0.158 e.